The molecule has 18 nitrogen and oxygen atoms in total. The van der Waals surface area contributed by atoms with Gasteiger partial charge in [-0.05, 0) is 0 Å². The number of aliphatic hydroxyl groups is 12. The summed E-state index contributed by atoms with van der Waals surface area (Å²) < 4.78 is 33.0. The van der Waals surface area contributed by atoms with Crippen LogP contribution in [0.15, 0.2) is 0 Å². The molecule has 0 aromatic carbocycles. The molecule has 18 heteroatoms. The molecule has 3 fully saturated rings. The second-order valence-corrected chi connectivity index (χ2v) is 9.48. The van der Waals surface area contributed by atoms with Crippen LogP contribution in [0.3, 0.4) is 0 Å². The second-order valence-electron chi connectivity index (χ2n) is 9.48. The van der Waals surface area contributed by atoms with Crippen LogP contribution >= 0.6 is 0 Å². The summed E-state index contributed by atoms with van der Waals surface area (Å²) in [7, 11) is 0. The van der Waals surface area contributed by atoms with Gasteiger partial charge in [-0.3, -0.25) is 0 Å². The first-order valence-electron chi connectivity index (χ1n) is 12.3. The molecule has 0 aromatic heterocycles. The summed E-state index contributed by atoms with van der Waals surface area (Å²) in [4.78, 5) is 0. The van der Waals surface area contributed by atoms with Crippen molar-refractivity contribution in [2.45, 2.75) is 98.2 Å². The standard InChI is InChI=1S/C21H38O18/c22-1-6(26)5-34-21-18(39-20-16(33)14(31)11(28)8(3-24)36-20)17(12(29)9(4-25)37-21)38-19-15(32)13(30)10(27)7(2-23)35-19/h6-33H,1-5H2. The highest BCUT2D eigenvalue weighted by atomic mass is 16.8. The van der Waals surface area contributed by atoms with Crippen molar-refractivity contribution in [3.05, 3.63) is 0 Å². The molecule has 0 radical (unpaired) electrons. The van der Waals surface area contributed by atoms with Gasteiger partial charge in [0.25, 0.3) is 0 Å². The van der Waals surface area contributed by atoms with Crippen molar-refractivity contribution < 1.29 is 89.7 Å². The van der Waals surface area contributed by atoms with Gasteiger partial charge in [0, 0.05) is 0 Å². The predicted octanol–water partition coefficient (Wildman–Crippen LogP) is -8.20. The van der Waals surface area contributed by atoms with Crippen LogP contribution in [0.1, 0.15) is 0 Å². The van der Waals surface area contributed by atoms with Gasteiger partial charge in [0.2, 0.25) is 0 Å². The Kier molecular flexibility index (Phi) is 12.1. The molecule has 12 N–H and O–H groups in total. The summed E-state index contributed by atoms with van der Waals surface area (Å²) in [5.41, 5.74) is 0. The van der Waals surface area contributed by atoms with Crippen molar-refractivity contribution in [1.29, 1.82) is 0 Å². The van der Waals surface area contributed by atoms with E-state index >= 15 is 0 Å². The molecular weight excluding hydrogens is 540 g/mol. The van der Waals surface area contributed by atoms with E-state index in [1.54, 1.807) is 0 Å². The van der Waals surface area contributed by atoms with E-state index in [-0.39, 0.29) is 0 Å². The Hall–Kier alpha value is -0.720. The minimum Gasteiger partial charge on any atom is -0.394 e. The largest absolute Gasteiger partial charge is 0.394 e. The van der Waals surface area contributed by atoms with Crippen LogP contribution in [0.4, 0.5) is 0 Å². The van der Waals surface area contributed by atoms with E-state index in [2.05, 4.69) is 0 Å². The zero-order chi connectivity index (χ0) is 29.0. The fraction of sp³-hybridized carbons (Fsp3) is 1.00. The van der Waals surface area contributed by atoms with Gasteiger partial charge < -0.3 is 89.7 Å². The normalized spacial score (nSPS) is 48.2. The molecule has 0 spiro atoms. The summed E-state index contributed by atoms with van der Waals surface area (Å²) in [6, 6.07) is 0. The maximum Gasteiger partial charge on any atom is 0.187 e. The van der Waals surface area contributed by atoms with Crippen molar-refractivity contribution in [2.75, 3.05) is 33.0 Å². The number of ether oxygens (including phenoxy) is 6. The Bertz CT molecular complexity index is 729. The van der Waals surface area contributed by atoms with Crippen molar-refractivity contribution in [2.24, 2.45) is 0 Å². The Morgan fingerprint density at radius 1 is 0.513 bits per heavy atom. The van der Waals surface area contributed by atoms with Crippen LogP contribution in [0.5, 0.6) is 0 Å². The summed E-state index contributed by atoms with van der Waals surface area (Å²) in [6.45, 7) is -3.70. The van der Waals surface area contributed by atoms with Crippen molar-refractivity contribution in [3.63, 3.8) is 0 Å². The SMILES string of the molecule is OCC(O)COC1OC(CO)C(O)C(OC2OC(CO)C(O)C(O)C2O)C1OC1OC(CO)C(O)C(O)C1O. The lowest BCUT2D eigenvalue weighted by Crippen LogP contribution is -2.67. The molecule has 3 aliphatic heterocycles. The van der Waals surface area contributed by atoms with Crippen molar-refractivity contribution >= 4 is 0 Å². The first-order chi connectivity index (χ1) is 18.5. The third-order valence-electron chi connectivity index (χ3n) is 6.74. The first kappa shape index (κ1) is 32.8. The van der Waals surface area contributed by atoms with Gasteiger partial charge in [-0.25, -0.2) is 0 Å². The molecule has 16 atom stereocenters. The lowest BCUT2D eigenvalue weighted by Gasteiger charge is -2.49. The Labute approximate surface area is 221 Å². The van der Waals surface area contributed by atoms with E-state index in [1.807, 2.05) is 0 Å². The fourth-order valence-electron chi connectivity index (χ4n) is 4.40. The average Bonchev–Trinajstić information content (AvgIpc) is 2.94. The lowest BCUT2D eigenvalue weighted by molar-refractivity contribution is -0.392. The van der Waals surface area contributed by atoms with Gasteiger partial charge in [-0.2, -0.15) is 0 Å². The highest BCUT2D eigenvalue weighted by Gasteiger charge is 2.54. The van der Waals surface area contributed by atoms with Crippen molar-refractivity contribution in [1.82, 2.24) is 0 Å². The maximum absolute atomic E-state index is 10.9. The van der Waals surface area contributed by atoms with Crippen LogP contribution in [0.2, 0.25) is 0 Å². The molecule has 0 amide bonds. The summed E-state index contributed by atoms with van der Waals surface area (Å²) in [5, 5.41) is 120. The second kappa shape index (κ2) is 14.4. The van der Waals surface area contributed by atoms with E-state index in [4.69, 9.17) is 33.5 Å². The smallest absolute Gasteiger partial charge is 0.187 e. The van der Waals surface area contributed by atoms with E-state index < -0.39 is 131 Å². The molecular formula is C21H38O18. The van der Waals surface area contributed by atoms with Crippen molar-refractivity contribution in [3.8, 4) is 0 Å². The van der Waals surface area contributed by atoms with Gasteiger partial charge in [0.15, 0.2) is 18.9 Å². The molecule has 3 heterocycles. The van der Waals surface area contributed by atoms with Gasteiger partial charge in [-0.15, -0.1) is 0 Å². The minimum atomic E-state index is -1.92. The van der Waals surface area contributed by atoms with Gasteiger partial charge in [-0.1, -0.05) is 0 Å². The molecule has 39 heavy (non-hydrogen) atoms. The predicted molar refractivity (Wildman–Crippen MR) is 118 cm³/mol. The van der Waals surface area contributed by atoms with E-state index in [9.17, 15) is 56.2 Å². The van der Waals surface area contributed by atoms with Crippen LogP contribution in [-0.4, -0.2) is 193 Å². The number of hydrogen-bond donors (Lipinski definition) is 12. The summed E-state index contributed by atoms with van der Waals surface area (Å²) in [6.07, 6.45) is -27.2. The molecule has 3 rings (SSSR count). The summed E-state index contributed by atoms with van der Waals surface area (Å²) in [5.74, 6) is 0. The van der Waals surface area contributed by atoms with Gasteiger partial charge in [0.05, 0.1) is 33.0 Å². The van der Waals surface area contributed by atoms with Crippen LogP contribution in [-0.2, 0) is 28.4 Å². The third-order valence-corrected chi connectivity index (χ3v) is 6.74. The zero-order valence-corrected chi connectivity index (χ0v) is 20.6. The number of aliphatic hydroxyl groups excluding tert-OH is 12. The van der Waals surface area contributed by atoms with E-state index in [0.29, 0.717) is 0 Å². The zero-order valence-electron chi connectivity index (χ0n) is 20.6. The molecule has 16 unspecified atom stereocenters. The molecule has 230 valence electrons. The first-order valence-corrected chi connectivity index (χ1v) is 12.3. The number of hydrogen-bond acceptors (Lipinski definition) is 18. The molecule has 0 bridgehead atoms. The van der Waals surface area contributed by atoms with Crippen LogP contribution in [0, 0.1) is 0 Å². The maximum atomic E-state index is 10.9. The van der Waals surface area contributed by atoms with E-state index in [1.165, 1.54) is 0 Å². The third kappa shape index (κ3) is 7.20. The lowest BCUT2D eigenvalue weighted by atomic mass is 9.96. The number of rotatable bonds is 11. The van der Waals surface area contributed by atoms with Gasteiger partial charge in [0.1, 0.15) is 79.4 Å². The minimum absolute atomic E-state index is 0.573. The highest BCUT2D eigenvalue weighted by molar-refractivity contribution is 4.96. The molecule has 0 aromatic rings. The Morgan fingerprint density at radius 3 is 1.36 bits per heavy atom. The topological polar surface area (TPSA) is 298 Å². The average molecular weight is 579 g/mol. The molecule has 3 aliphatic rings. The highest BCUT2D eigenvalue weighted by Crippen LogP contribution is 2.33. The molecule has 0 saturated carbocycles. The summed E-state index contributed by atoms with van der Waals surface area (Å²) >= 11 is 0. The Balaban J connectivity index is 1.92. The monoisotopic (exact) mass is 578 g/mol. The van der Waals surface area contributed by atoms with Crippen LogP contribution in [0.25, 0.3) is 0 Å². The van der Waals surface area contributed by atoms with E-state index in [0.717, 1.165) is 0 Å². The quantitative estimate of drug-likeness (QED) is 0.108. The van der Waals surface area contributed by atoms with Crippen LogP contribution < -0.4 is 0 Å². The molecule has 0 aliphatic carbocycles. The van der Waals surface area contributed by atoms with Gasteiger partial charge >= 0.3 is 0 Å². The Morgan fingerprint density at radius 2 is 0.923 bits per heavy atom. The fourth-order valence-corrected chi connectivity index (χ4v) is 4.40. The molecule has 3 saturated heterocycles.